The largest absolute Gasteiger partial charge is 0.366 e. The zero-order valence-corrected chi connectivity index (χ0v) is 8.99. The topological polar surface area (TPSA) is 6.48 Å². The summed E-state index contributed by atoms with van der Waals surface area (Å²) >= 11 is 6.03. The Morgan fingerprint density at radius 1 is 1.13 bits per heavy atom. The fourth-order valence-corrected chi connectivity index (χ4v) is 2.87. The van der Waals surface area contributed by atoms with Crippen molar-refractivity contribution in [3.63, 3.8) is 0 Å². The number of fused-ring (bicyclic) bond motifs is 2. The lowest BCUT2D eigenvalue weighted by atomic mass is 10.2. The molecule has 2 aliphatic rings. The molecule has 2 saturated heterocycles. The van der Waals surface area contributed by atoms with Crippen molar-refractivity contribution >= 4 is 17.5 Å². The third kappa shape index (κ3) is 1.50. The molecule has 0 saturated carbocycles. The lowest BCUT2D eigenvalue weighted by Gasteiger charge is -2.32. The third-order valence-corrected chi connectivity index (χ3v) is 3.75. The standard InChI is InChI=1S/C11H12ClFN2/c12-15-7-10-5-11(15)6-14(10)9-3-1-8(13)2-4-9/h1-4,10-11H,5-7H2/t10-,11-/m1/s1. The summed E-state index contributed by atoms with van der Waals surface area (Å²) in [6.07, 6.45) is 1.13. The first-order valence-electron chi connectivity index (χ1n) is 5.18. The molecule has 2 fully saturated rings. The van der Waals surface area contributed by atoms with E-state index in [0.29, 0.717) is 12.1 Å². The van der Waals surface area contributed by atoms with Crippen LogP contribution in [0.15, 0.2) is 24.3 Å². The number of hydrogen-bond acceptors (Lipinski definition) is 2. The molecule has 0 radical (unpaired) electrons. The SMILES string of the molecule is Fc1ccc(N2C[C@H]3C[C@@H]2CN3Cl)cc1. The fraction of sp³-hybridized carbons (Fsp3) is 0.455. The number of anilines is 1. The Morgan fingerprint density at radius 2 is 1.87 bits per heavy atom. The second-order valence-electron chi connectivity index (χ2n) is 4.25. The lowest BCUT2D eigenvalue weighted by Crippen LogP contribution is -2.42. The molecule has 80 valence electrons. The normalized spacial score (nSPS) is 30.1. The number of piperazine rings is 1. The van der Waals surface area contributed by atoms with Crippen LogP contribution in [0.2, 0.25) is 0 Å². The van der Waals surface area contributed by atoms with E-state index in [2.05, 4.69) is 4.90 Å². The molecule has 0 N–H and O–H groups in total. The average Bonchev–Trinajstić information content (AvgIpc) is 2.77. The van der Waals surface area contributed by atoms with E-state index >= 15 is 0 Å². The molecule has 15 heavy (non-hydrogen) atoms. The van der Waals surface area contributed by atoms with Crippen LogP contribution in [0.3, 0.4) is 0 Å². The Bertz CT molecular complexity index is 365. The first-order chi connectivity index (χ1) is 7.24. The maximum absolute atomic E-state index is 12.8. The van der Waals surface area contributed by atoms with Crippen molar-refractivity contribution in [2.75, 3.05) is 18.0 Å². The van der Waals surface area contributed by atoms with Crippen LogP contribution in [0, 0.1) is 5.82 Å². The van der Waals surface area contributed by atoms with E-state index in [-0.39, 0.29) is 5.82 Å². The van der Waals surface area contributed by atoms with E-state index in [4.69, 9.17) is 11.8 Å². The Morgan fingerprint density at radius 3 is 2.40 bits per heavy atom. The molecule has 2 heterocycles. The van der Waals surface area contributed by atoms with Gasteiger partial charge in [0.15, 0.2) is 0 Å². The van der Waals surface area contributed by atoms with Gasteiger partial charge in [0.2, 0.25) is 0 Å². The molecule has 0 aliphatic carbocycles. The van der Waals surface area contributed by atoms with E-state index in [1.54, 1.807) is 0 Å². The maximum atomic E-state index is 12.8. The summed E-state index contributed by atoms with van der Waals surface area (Å²) in [5.41, 5.74) is 1.11. The number of halogens is 2. The van der Waals surface area contributed by atoms with Crippen molar-refractivity contribution < 1.29 is 4.39 Å². The van der Waals surface area contributed by atoms with Crippen LogP contribution in [0.5, 0.6) is 0 Å². The minimum absolute atomic E-state index is 0.179. The molecule has 1 aromatic rings. The van der Waals surface area contributed by atoms with E-state index in [9.17, 15) is 4.39 Å². The van der Waals surface area contributed by atoms with Gasteiger partial charge in [-0.2, -0.15) is 0 Å². The minimum atomic E-state index is -0.179. The first-order valence-corrected chi connectivity index (χ1v) is 5.52. The summed E-state index contributed by atoms with van der Waals surface area (Å²) < 4.78 is 14.7. The van der Waals surface area contributed by atoms with Crippen LogP contribution >= 0.6 is 11.8 Å². The summed E-state index contributed by atoms with van der Waals surface area (Å²) in [6.45, 7) is 1.86. The predicted molar refractivity (Wildman–Crippen MR) is 58.5 cm³/mol. The highest BCUT2D eigenvalue weighted by atomic mass is 35.5. The van der Waals surface area contributed by atoms with Gasteiger partial charge in [0.05, 0.1) is 0 Å². The zero-order valence-electron chi connectivity index (χ0n) is 8.24. The Kier molecular flexibility index (Phi) is 2.11. The second kappa shape index (κ2) is 3.35. The minimum Gasteiger partial charge on any atom is -0.366 e. The molecule has 1 aromatic carbocycles. The van der Waals surface area contributed by atoms with Crippen molar-refractivity contribution in [3.8, 4) is 0 Å². The zero-order chi connectivity index (χ0) is 10.4. The van der Waals surface area contributed by atoms with Gasteiger partial charge in [0, 0.05) is 30.9 Å². The first kappa shape index (κ1) is 9.43. The summed E-state index contributed by atoms with van der Waals surface area (Å²) in [5, 5.41) is 0. The predicted octanol–water partition coefficient (Wildman–Crippen LogP) is 2.24. The molecule has 0 aromatic heterocycles. The number of hydrogen-bond donors (Lipinski definition) is 0. The Balaban J connectivity index is 1.83. The molecule has 0 spiro atoms. The molecule has 3 rings (SSSR count). The molecule has 0 unspecified atom stereocenters. The van der Waals surface area contributed by atoms with E-state index in [0.717, 1.165) is 25.2 Å². The number of rotatable bonds is 1. The molecule has 4 heteroatoms. The molecular formula is C11H12ClFN2. The van der Waals surface area contributed by atoms with E-state index < -0.39 is 0 Å². The van der Waals surface area contributed by atoms with Crippen LogP contribution in [0.1, 0.15) is 6.42 Å². The Labute approximate surface area is 93.3 Å². The van der Waals surface area contributed by atoms with Gasteiger partial charge in [-0.15, -0.1) is 0 Å². The quantitative estimate of drug-likeness (QED) is 0.678. The van der Waals surface area contributed by atoms with Crippen molar-refractivity contribution in [3.05, 3.63) is 30.1 Å². The summed E-state index contributed by atoms with van der Waals surface area (Å²) in [5.74, 6) is -0.179. The van der Waals surface area contributed by atoms with Crippen molar-refractivity contribution in [1.82, 2.24) is 4.42 Å². The van der Waals surface area contributed by atoms with Gasteiger partial charge in [-0.25, -0.2) is 8.81 Å². The third-order valence-electron chi connectivity index (χ3n) is 3.33. The molecule has 2 nitrogen and oxygen atoms in total. The van der Waals surface area contributed by atoms with Gasteiger partial charge in [-0.3, -0.25) is 0 Å². The lowest BCUT2D eigenvalue weighted by molar-refractivity contribution is 0.398. The summed E-state index contributed by atoms with van der Waals surface area (Å²) in [7, 11) is 0. The maximum Gasteiger partial charge on any atom is 0.123 e. The van der Waals surface area contributed by atoms with Crippen LogP contribution in [-0.4, -0.2) is 29.6 Å². The average molecular weight is 227 g/mol. The monoisotopic (exact) mass is 226 g/mol. The number of nitrogens with zero attached hydrogens (tertiary/aromatic N) is 2. The van der Waals surface area contributed by atoms with Crippen LogP contribution in [-0.2, 0) is 0 Å². The summed E-state index contributed by atoms with van der Waals surface area (Å²) in [4.78, 5) is 2.32. The van der Waals surface area contributed by atoms with Gasteiger partial charge in [-0.1, -0.05) is 0 Å². The smallest absolute Gasteiger partial charge is 0.123 e. The Hall–Kier alpha value is -0.800. The van der Waals surface area contributed by atoms with Gasteiger partial charge in [-0.05, 0) is 42.5 Å². The summed E-state index contributed by atoms with van der Waals surface area (Å²) in [6, 6.07) is 7.67. The van der Waals surface area contributed by atoms with Gasteiger partial charge < -0.3 is 4.90 Å². The van der Waals surface area contributed by atoms with Gasteiger partial charge in [0.25, 0.3) is 0 Å². The second-order valence-corrected chi connectivity index (χ2v) is 4.69. The molecule has 0 amide bonds. The molecule has 2 atom stereocenters. The van der Waals surface area contributed by atoms with Crippen molar-refractivity contribution in [1.29, 1.82) is 0 Å². The highest BCUT2D eigenvalue weighted by molar-refractivity contribution is 6.13. The number of benzene rings is 1. The van der Waals surface area contributed by atoms with Crippen molar-refractivity contribution in [2.24, 2.45) is 0 Å². The molecular weight excluding hydrogens is 215 g/mol. The van der Waals surface area contributed by atoms with E-state index in [1.807, 2.05) is 16.6 Å². The van der Waals surface area contributed by atoms with Crippen molar-refractivity contribution in [2.45, 2.75) is 18.5 Å². The van der Waals surface area contributed by atoms with Gasteiger partial charge >= 0.3 is 0 Å². The fourth-order valence-electron chi connectivity index (χ4n) is 2.57. The van der Waals surface area contributed by atoms with Gasteiger partial charge in [0.1, 0.15) is 5.82 Å². The van der Waals surface area contributed by atoms with Crippen LogP contribution in [0.25, 0.3) is 0 Å². The molecule has 2 aliphatic heterocycles. The van der Waals surface area contributed by atoms with Crippen LogP contribution in [0.4, 0.5) is 10.1 Å². The van der Waals surface area contributed by atoms with E-state index in [1.165, 1.54) is 12.1 Å². The molecule has 2 bridgehead atoms. The highest BCUT2D eigenvalue weighted by Crippen LogP contribution is 2.35. The van der Waals surface area contributed by atoms with Crippen LogP contribution < -0.4 is 4.90 Å². The highest BCUT2D eigenvalue weighted by Gasteiger charge is 2.42.